The summed E-state index contributed by atoms with van der Waals surface area (Å²) in [5.74, 6) is 0. The first-order chi connectivity index (χ1) is 4.75. The van der Waals surface area contributed by atoms with Crippen molar-refractivity contribution < 1.29 is 0 Å². The number of rotatable bonds is 1. The summed E-state index contributed by atoms with van der Waals surface area (Å²) in [5.41, 5.74) is 0. The lowest BCUT2D eigenvalue weighted by molar-refractivity contribution is -0.0593. The molecule has 0 radical (unpaired) electrons. The minimum atomic E-state index is 0.753. The van der Waals surface area contributed by atoms with Crippen molar-refractivity contribution in [1.29, 1.82) is 0 Å². The zero-order chi connectivity index (χ0) is 7.56. The van der Waals surface area contributed by atoms with Crippen LogP contribution in [-0.4, -0.2) is 36.2 Å². The van der Waals surface area contributed by atoms with Gasteiger partial charge in [-0.2, -0.15) is 0 Å². The van der Waals surface area contributed by atoms with Crippen molar-refractivity contribution in [1.82, 2.24) is 10.0 Å². The minimum Gasteiger partial charge on any atom is -0.245 e. The molecule has 1 rings (SSSR count). The van der Waals surface area contributed by atoms with Crippen LogP contribution in [0.1, 0.15) is 26.7 Å². The molecule has 0 aromatic rings. The Morgan fingerprint density at radius 2 is 2.20 bits per heavy atom. The van der Waals surface area contributed by atoms with Gasteiger partial charge < -0.3 is 0 Å². The largest absolute Gasteiger partial charge is 0.245 e. The second-order valence-electron chi connectivity index (χ2n) is 3.13. The molecule has 0 aromatic heterocycles. The van der Waals surface area contributed by atoms with Crippen molar-refractivity contribution in [2.75, 3.05) is 20.1 Å². The molecule has 0 aromatic carbocycles. The first-order valence-corrected chi connectivity index (χ1v) is 4.23. The average molecular weight is 142 g/mol. The maximum absolute atomic E-state index is 2.43. The maximum atomic E-state index is 2.43. The molecular weight excluding hydrogens is 124 g/mol. The number of hydrazine groups is 1. The molecule has 2 nitrogen and oxygen atoms in total. The molecule has 1 saturated heterocycles. The Kier molecular flexibility index (Phi) is 2.69. The number of nitrogens with zero attached hydrogens (tertiary/aromatic N) is 2. The van der Waals surface area contributed by atoms with Crippen molar-refractivity contribution in [3.63, 3.8) is 0 Å². The topological polar surface area (TPSA) is 6.48 Å². The monoisotopic (exact) mass is 142 g/mol. The maximum Gasteiger partial charge on any atom is 0.0217 e. The highest BCUT2D eigenvalue weighted by atomic mass is 15.6. The van der Waals surface area contributed by atoms with E-state index in [1.165, 1.54) is 19.4 Å². The van der Waals surface area contributed by atoms with Gasteiger partial charge in [0.1, 0.15) is 0 Å². The van der Waals surface area contributed by atoms with Gasteiger partial charge in [0.15, 0.2) is 0 Å². The smallest absolute Gasteiger partial charge is 0.0217 e. The van der Waals surface area contributed by atoms with Crippen LogP contribution in [0.4, 0.5) is 0 Å². The lowest BCUT2D eigenvalue weighted by Crippen LogP contribution is -2.49. The van der Waals surface area contributed by atoms with E-state index in [4.69, 9.17) is 0 Å². The predicted octanol–water partition coefficient (Wildman–Crippen LogP) is 1.34. The Bertz CT molecular complexity index is 93.4. The standard InChI is InChI=1S/C8H18N2/c1-4-10-8(2)6-5-7-9(10)3/h8H,4-7H2,1-3H3. The Balaban J connectivity index is 2.45. The summed E-state index contributed by atoms with van der Waals surface area (Å²) in [6.07, 6.45) is 2.71. The second-order valence-corrected chi connectivity index (χ2v) is 3.13. The zero-order valence-corrected chi connectivity index (χ0v) is 7.30. The van der Waals surface area contributed by atoms with Crippen LogP contribution in [0.15, 0.2) is 0 Å². The van der Waals surface area contributed by atoms with Crippen molar-refractivity contribution in [2.24, 2.45) is 0 Å². The van der Waals surface area contributed by atoms with E-state index in [1.807, 2.05) is 0 Å². The third-order valence-electron chi connectivity index (χ3n) is 2.37. The summed E-state index contributed by atoms with van der Waals surface area (Å²) in [6.45, 7) is 6.91. The molecule has 60 valence electrons. The van der Waals surface area contributed by atoms with Gasteiger partial charge in [-0.05, 0) is 19.8 Å². The fraction of sp³-hybridized carbons (Fsp3) is 1.00. The van der Waals surface area contributed by atoms with Crippen LogP contribution in [0, 0.1) is 0 Å². The minimum absolute atomic E-state index is 0.753. The lowest BCUT2D eigenvalue weighted by Gasteiger charge is -2.40. The summed E-state index contributed by atoms with van der Waals surface area (Å²) < 4.78 is 0. The van der Waals surface area contributed by atoms with Gasteiger partial charge in [0, 0.05) is 26.2 Å². The molecular formula is C8H18N2. The van der Waals surface area contributed by atoms with Crippen molar-refractivity contribution in [3.05, 3.63) is 0 Å². The van der Waals surface area contributed by atoms with E-state index in [0.29, 0.717) is 0 Å². The molecule has 2 heteroatoms. The Morgan fingerprint density at radius 1 is 1.50 bits per heavy atom. The molecule has 1 aliphatic rings. The normalized spacial score (nSPS) is 30.9. The molecule has 0 saturated carbocycles. The Morgan fingerprint density at radius 3 is 2.60 bits per heavy atom. The first kappa shape index (κ1) is 8.02. The van der Waals surface area contributed by atoms with E-state index in [-0.39, 0.29) is 0 Å². The van der Waals surface area contributed by atoms with Crippen LogP contribution in [0.25, 0.3) is 0 Å². The van der Waals surface area contributed by atoms with Crippen LogP contribution < -0.4 is 0 Å². The van der Waals surface area contributed by atoms with Crippen molar-refractivity contribution in [2.45, 2.75) is 32.7 Å². The average Bonchev–Trinajstić information content (AvgIpc) is 1.88. The van der Waals surface area contributed by atoms with Crippen LogP contribution in [-0.2, 0) is 0 Å². The van der Waals surface area contributed by atoms with Gasteiger partial charge in [0.05, 0.1) is 0 Å². The fourth-order valence-electron chi connectivity index (χ4n) is 1.78. The lowest BCUT2D eigenvalue weighted by atomic mass is 10.1. The van der Waals surface area contributed by atoms with E-state index in [9.17, 15) is 0 Å². The van der Waals surface area contributed by atoms with Crippen molar-refractivity contribution in [3.8, 4) is 0 Å². The van der Waals surface area contributed by atoms with E-state index in [0.717, 1.165) is 12.6 Å². The van der Waals surface area contributed by atoms with Crippen molar-refractivity contribution >= 4 is 0 Å². The second kappa shape index (κ2) is 3.35. The third-order valence-corrected chi connectivity index (χ3v) is 2.37. The molecule has 0 spiro atoms. The van der Waals surface area contributed by atoms with Gasteiger partial charge in [0.2, 0.25) is 0 Å². The molecule has 1 heterocycles. The predicted molar refractivity (Wildman–Crippen MR) is 43.7 cm³/mol. The SMILES string of the molecule is CCN1C(C)CCCN1C. The van der Waals surface area contributed by atoms with E-state index < -0.39 is 0 Å². The molecule has 1 unspecified atom stereocenters. The molecule has 0 aliphatic carbocycles. The van der Waals surface area contributed by atoms with Gasteiger partial charge in [0.25, 0.3) is 0 Å². The van der Waals surface area contributed by atoms with Crippen LogP contribution in [0.2, 0.25) is 0 Å². The molecule has 1 atom stereocenters. The van der Waals surface area contributed by atoms with Crippen LogP contribution in [0.5, 0.6) is 0 Å². The number of hydrogen-bond acceptors (Lipinski definition) is 2. The zero-order valence-electron chi connectivity index (χ0n) is 7.30. The molecule has 0 bridgehead atoms. The highest BCUT2D eigenvalue weighted by Crippen LogP contribution is 2.14. The van der Waals surface area contributed by atoms with E-state index in [2.05, 4.69) is 30.9 Å². The van der Waals surface area contributed by atoms with Gasteiger partial charge in [-0.3, -0.25) is 0 Å². The number of hydrogen-bond donors (Lipinski definition) is 0. The third kappa shape index (κ3) is 1.50. The molecule has 10 heavy (non-hydrogen) atoms. The summed E-state index contributed by atoms with van der Waals surface area (Å²) in [4.78, 5) is 0. The van der Waals surface area contributed by atoms with Gasteiger partial charge in [-0.15, -0.1) is 0 Å². The summed E-state index contributed by atoms with van der Waals surface area (Å²) in [7, 11) is 2.18. The summed E-state index contributed by atoms with van der Waals surface area (Å²) >= 11 is 0. The summed E-state index contributed by atoms with van der Waals surface area (Å²) in [5, 5.41) is 4.78. The van der Waals surface area contributed by atoms with E-state index in [1.54, 1.807) is 0 Å². The quantitative estimate of drug-likeness (QED) is 0.545. The molecule has 0 N–H and O–H groups in total. The Hall–Kier alpha value is -0.0800. The van der Waals surface area contributed by atoms with Gasteiger partial charge >= 0.3 is 0 Å². The fourth-order valence-corrected chi connectivity index (χ4v) is 1.78. The highest BCUT2D eigenvalue weighted by molar-refractivity contribution is 4.69. The molecule has 0 amide bonds. The summed E-state index contributed by atoms with van der Waals surface area (Å²) in [6, 6.07) is 0.753. The molecule has 1 fully saturated rings. The first-order valence-electron chi connectivity index (χ1n) is 4.23. The van der Waals surface area contributed by atoms with E-state index >= 15 is 0 Å². The van der Waals surface area contributed by atoms with Gasteiger partial charge in [-0.1, -0.05) is 6.92 Å². The molecule has 1 aliphatic heterocycles. The van der Waals surface area contributed by atoms with Crippen LogP contribution >= 0.6 is 0 Å². The van der Waals surface area contributed by atoms with Crippen LogP contribution in [0.3, 0.4) is 0 Å². The highest BCUT2D eigenvalue weighted by Gasteiger charge is 2.20. The van der Waals surface area contributed by atoms with Gasteiger partial charge in [-0.25, -0.2) is 10.0 Å². The Labute approximate surface area is 63.8 Å².